The smallest absolute Gasteiger partial charge is 0.0310 e. The summed E-state index contributed by atoms with van der Waals surface area (Å²) in [7, 11) is 0. The molecular weight excluding hydrogens is 364 g/mol. The Morgan fingerprint density at radius 1 is 0.800 bits per heavy atom. The summed E-state index contributed by atoms with van der Waals surface area (Å²) < 4.78 is 0. The molecular formula is C28H46N2. The SMILES string of the molecule is C1=C\CCCCN2C[C@]34CCCCCCCCCCN(C[C@H]5C/C(=C/C/1)[C@@H]2C[C@H]53)C4. The molecule has 0 radical (unpaired) electrons. The molecule has 5 aliphatic rings. The number of hydrogen-bond donors (Lipinski definition) is 0. The van der Waals surface area contributed by atoms with E-state index in [0.29, 0.717) is 5.41 Å². The van der Waals surface area contributed by atoms with Crippen LogP contribution in [0.15, 0.2) is 23.8 Å². The van der Waals surface area contributed by atoms with Crippen molar-refractivity contribution in [2.45, 2.75) is 102 Å². The Balaban J connectivity index is 1.42. The molecule has 0 aromatic carbocycles. The predicted molar refractivity (Wildman–Crippen MR) is 128 cm³/mol. The molecule has 1 spiro atoms. The number of rotatable bonds is 0. The minimum absolute atomic E-state index is 0.595. The number of allylic oxidation sites excluding steroid dienone is 3. The van der Waals surface area contributed by atoms with Crippen LogP contribution < -0.4 is 0 Å². The number of nitrogens with zero attached hydrogens (tertiary/aromatic N) is 2. The summed E-state index contributed by atoms with van der Waals surface area (Å²) in [5, 5.41) is 0. The van der Waals surface area contributed by atoms with Gasteiger partial charge in [0, 0.05) is 25.7 Å². The van der Waals surface area contributed by atoms with E-state index in [1.165, 1.54) is 129 Å². The molecule has 4 aliphatic heterocycles. The lowest BCUT2D eigenvalue weighted by atomic mass is 9.54. The average Bonchev–Trinajstić information content (AvgIpc) is 2.78. The molecule has 1 saturated carbocycles. The van der Waals surface area contributed by atoms with Gasteiger partial charge in [-0.1, -0.05) is 68.7 Å². The zero-order valence-corrected chi connectivity index (χ0v) is 19.5. The molecule has 5 rings (SSSR count). The van der Waals surface area contributed by atoms with Gasteiger partial charge in [0.2, 0.25) is 0 Å². The first-order valence-corrected chi connectivity index (χ1v) is 13.6. The first-order chi connectivity index (χ1) is 14.8. The molecule has 3 saturated heterocycles. The molecule has 0 aromatic heterocycles. The van der Waals surface area contributed by atoms with Crippen molar-refractivity contribution in [3.8, 4) is 0 Å². The lowest BCUT2D eigenvalue weighted by molar-refractivity contribution is -0.109. The van der Waals surface area contributed by atoms with Crippen LogP contribution in [-0.4, -0.2) is 48.6 Å². The third-order valence-corrected chi connectivity index (χ3v) is 9.40. The van der Waals surface area contributed by atoms with Crippen LogP contribution >= 0.6 is 0 Å². The van der Waals surface area contributed by atoms with Crippen LogP contribution in [0.1, 0.15) is 96.3 Å². The highest BCUT2D eigenvalue weighted by Crippen LogP contribution is 2.55. The fraction of sp³-hybridized carbons (Fsp3) is 0.857. The third-order valence-electron chi connectivity index (χ3n) is 9.40. The monoisotopic (exact) mass is 410 g/mol. The molecule has 1 aliphatic carbocycles. The van der Waals surface area contributed by atoms with Crippen LogP contribution in [-0.2, 0) is 0 Å². The minimum Gasteiger partial charge on any atom is -0.302 e. The van der Waals surface area contributed by atoms with Crippen LogP contribution in [0.25, 0.3) is 0 Å². The summed E-state index contributed by atoms with van der Waals surface area (Å²) in [6.45, 7) is 6.93. The van der Waals surface area contributed by atoms with E-state index in [-0.39, 0.29) is 0 Å². The Bertz CT molecular complexity index is 622. The van der Waals surface area contributed by atoms with Gasteiger partial charge in [-0.15, -0.1) is 0 Å². The second kappa shape index (κ2) is 9.90. The summed E-state index contributed by atoms with van der Waals surface area (Å²) in [6.07, 6.45) is 28.9. The molecule has 2 nitrogen and oxygen atoms in total. The average molecular weight is 411 g/mol. The zero-order valence-electron chi connectivity index (χ0n) is 19.5. The Labute approximate surface area is 186 Å². The lowest BCUT2D eigenvalue weighted by Crippen LogP contribution is -2.66. The molecule has 5 atom stereocenters. The molecule has 4 bridgehead atoms. The largest absolute Gasteiger partial charge is 0.302 e. The van der Waals surface area contributed by atoms with E-state index in [9.17, 15) is 0 Å². The Kier molecular flexibility index (Phi) is 7.02. The second-order valence-corrected chi connectivity index (χ2v) is 11.5. The quantitative estimate of drug-likeness (QED) is 0.416. The van der Waals surface area contributed by atoms with Gasteiger partial charge >= 0.3 is 0 Å². The Hall–Kier alpha value is -0.600. The molecule has 168 valence electrons. The highest BCUT2D eigenvalue weighted by molar-refractivity contribution is 5.23. The van der Waals surface area contributed by atoms with Gasteiger partial charge in [-0.05, 0) is 81.7 Å². The molecule has 1 unspecified atom stereocenters. The van der Waals surface area contributed by atoms with Gasteiger partial charge in [-0.2, -0.15) is 0 Å². The third kappa shape index (κ3) is 4.60. The summed E-state index contributed by atoms with van der Waals surface area (Å²) in [4.78, 5) is 5.93. The molecule has 4 fully saturated rings. The van der Waals surface area contributed by atoms with Gasteiger partial charge in [-0.25, -0.2) is 0 Å². The van der Waals surface area contributed by atoms with Crippen molar-refractivity contribution in [2.24, 2.45) is 17.3 Å². The van der Waals surface area contributed by atoms with E-state index in [1.54, 1.807) is 0 Å². The van der Waals surface area contributed by atoms with Gasteiger partial charge in [-0.3, -0.25) is 4.90 Å². The first-order valence-electron chi connectivity index (χ1n) is 13.6. The number of piperidine rings is 2. The van der Waals surface area contributed by atoms with Crippen LogP contribution in [0.4, 0.5) is 0 Å². The Morgan fingerprint density at radius 3 is 2.50 bits per heavy atom. The van der Waals surface area contributed by atoms with Crippen molar-refractivity contribution in [1.82, 2.24) is 9.80 Å². The van der Waals surface area contributed by atoms with Gasteiger partial charge in [0.15, 0.2) is 0 Å². The van der Waals surface area contributed by atoms with Crippen LogP contribution in [0.3, 0.4) is 0 Å². The van der Waals surface area contributed by atoms with Crippen LogP contribution in [0, 0.1) is 17.3 Å². The van der Waals surface area contributed by atoms with E-state index < -0.39 is 0 Å². The molecule has 0 N–H and O–H groups in total. The zero-order chi connectivity index (χ0) is 20.2. The van der Waals surface area contributed by atoms with Crippen molar-refractivity contribution >= 4 is 0 Å². The topological polar surface area (TPSA) is 6.48 Å². The second-order valence-electron chi connectivity index (χ2n) is 11.5. The molecule has 30 heavy (non-hydrogen) atoms. The lowest BCUT2D eigenvalue weighted by Gasteiger charge is -2.62. The Morgan fingerprint density at radius 2 is 1.60 bits per heavy atom. The molecule has 4 heterocycles. The maximum atomic E-state index is 2.99. The highest BCUT2D eigenvalue weighted by Gasteiger charge is 2.55. The van der Waals surface area contributed by atoms with E-state index in [0.717, 1.165) is 17.9 Å². The van der Waals surface area contributed by atoms with Crippen molar-refractivity contribution in [3.05, 3.63) is 23.8 Å². The van der Waals surface area contributed by atoms with Gasteiger partial charge in [0.05, 0.1) is 0 Å². The molecule has 0 aromatic rings. The highest BCUT2D eigenvalue weighted by atomic mass is 15.2. The van der Waals surface area contributed by atoms with Gasteiger partial charge in [0.1, 0.15) is 0 Å². The van der Waals surface area contributed by atoms with Crippen molar-refractivity contribution in [2.75, 3.05) is 32.7 Å². The summed E-state index contributed by atoms with van der Waals surface area (Å²) in [5.41, 5.74) is 2.41. The van der Waals surface area contributed by atoms with E-state index >= 15 is 0 Å². The first kappa shape index (κ1) is 21.3. The van der Waals surface area contributed by atoms with E-state index in [1.807, 2.05) is 5.57 Å². The van der Waals surface area contributed by atoms with E-state index in [4.69, 9.17) is 0 Å². The standard InChI is InChI=1S/C28H46N2/c1-2-5-9-13-17-29-21-25-19-24-15-11-7-3-6-10-14-18-30-23-28(22-29,16-12-8-4-1)26(25)20-27(24)30/h3,7,15,25-27H,1-2,4-6,8-14,16-23H2/b7-3-,24-15-/t25-,26-,27+,28-/m1/s1. The fourth-order valence-corrected chi connectivity index (χ4v) is 7.98. The van der Waals surface area contributed by atoms with E-state index in [2.05, 4.69) is 28.0 Å². The number of fused-ring (bicyclic) bond motifs is 1. The van der Waals surface area contributed by atoms with Crippen LogP contribution in [0.2, 0.25) is 0 Å². The maximum Gasteiger partial charge on any atom is 0.0310 e. The van der Waals surface area contributed by atoms with Crippen LogP contribution in [0.5, 0.6) is 0 Å². The fourth-order valence-electron chi connectivity index (χ4n) is 7.98. The van der Waals surface area contributed by atoms with Gasteiger partial charge in [0.25, 0.3) is 0 Å². The van der Waals surface area contributed by atoms with Gasteiger partial charge < -0.3 is 4.90 Å². The predicted octanol–water partition coefficient (Wildman–Crippen LogP) is 6.58. The maximum absolute atomic E-state index is 2.99. The summed E-state index contributed by atoms with van der Waals surface area (Å²) >= 11 is 0. The minimum atomic E-state index is 0.595. The molecule has 2 heteroatoms. The van der Waals surface area contributed by atoms with Crippen molar-refractivity contribution in [1.29, 1.82) is 0 Å². The summed E-state index contributed by atoms with van der Waals surface area (Å²) in [6, 6.07) is 0.777. The summed E-state index contributed by atoms with van der Waals surface area (Å²) in [5.74, 6) is 1.93. The van der Waals surface area contributed by atoms with Crippen molar-refractivity contribution < 1.29 is 0 Å². The number of hydrogen-bond acceptors (Lipinski definition) is 2. The molecule has 0 amide bonds. The normalized spacial score (nSPS) is 44.2. The van der Waals surface area contributed by atoms with Crippen molar-refractivity contribution in [3.63, 3.8) is 0 Å².